The molecule has 3 N–H and O–H groups in total. The highest BCUT2D eigenvalue weighted by atomic mass is 35.5. The van der Waals surface area contributed by atoms with Crippen LogP contribution in [0.5, 0.6) is 0 Å². The van der Waals surface area contributed by atoms with Crippen LogP contribution >= 0.6 is 11.6 Å². The first kappa shape index (κ1) is 30.2. The number of fused-ring (bicyclic) bond motifs is 1. The smallest absolute Gasteiger partial charge is 0.335 e. The Hall–Kier alpha value is -3.79. The minimum Gasteiger partial charge on any atom is -0.478 e. The van der Waals surface area contributed by atoms with E-state index in [2.05, 4.69) is 5.32 Å². The molecule has 4 rings (SSSR count). The number of carbonyl (C=O) groups excluding carboxylic acids is 2. The Morgan fingerprint density at radius 3 is 2.51 bits per heavy atom. The summed E-state index contributed by atoms with van der Waals surface area (Å²) in [5.74, 6) is -3.36. The number of benzene rings is 3. The van der Waals surface area contributed by atoms with Crippen molar-refractivity contribution in [3.63, 3.8) is 0 Å². The van der Waals surface area contributed by atoms with Gasteiger partial charge in [0.15, 0.2) is 0 Å². The SMILES string of the molecule is Cc1cccc([C@H]2O[C@H](CC(=O)Nc3cc(C(=O)O)ccc3F)C(=O)N(CC(C)(C)CO)c3ccc(Cl)cc32)c1C. The summed E-state index contributed by atoms with van der Waals surface area (Å²) in [6, 6.07) is 13.9. The predicted molar refractivity (Wildman–Crippen MR) is 154 cm³/mol. The van der Waals surface area contributed by atoms with Crippen LogP contribution in [-0.2, 0) is 14.3 Å². The zero-order valence-corrected chi connectivity index (χ0v) is 24.0. The molecule has 0 unspecified atom stereocenters. The summed E-state index contributed by atoms with van der Waals surface area (Å²) in [5.41, 5.74) is 2.67. The van der Waals surface area contributed by atoms with Gasteiger partial charge >= 0.3 is 5.97 Å². The molecule has 1 aliphatic rings. The van der Waals surface area contributed by atoms with E-state index in [1.807, 2.05) is 45.9 Å². The second kappa shape index (κ2) is 12.0. The fourth-order valence-corrected chi connectivity index (χ4v) is 4.95. The molecule has 0 aromatic heterocycles. The number of aliphatic hydroxyl groups excluding tert-OH is 1. The molecule has 0 radical (unpaired) electrons. The molecule has 0 spiro atoms. The molecule has 216 valence electrons. The van der Waals surface area contributed by atoms with Crippen molar-refractivity contribution in [3.05, 3.63) is 93.3 Å². The van der Waals surface area contributed by atoms with Crippen LogP contribution in [0.2, 0.25) is 5.02 Å². The van der Waals surface area contributed by atoms with Gasteiger partial charge in [0, 0.05) is 34.8 Å². The van der Waals surface area contributed by atoms with Crippen molar-refractivity contribution in [2.45, 2.75) is 46.3 Å². The Bertz CT molecular complexity index is 1510. The second-order valence-electron chi connectivity index (χ2n) is 11.0. The van der Waals surface area contributed by atoms with Crippen LogP contribution in [0.25, 0.3) is 0 Å². The van der Waals surface area contributed by atoms with Crippen molar-refractivity contribution >= 4 is 40.8 Å². The van der Waals surface area contributed by atoms with E-state index in [9.17, 15) is 29.0 Å². The van der Waals surface area contributed by atoms with Crippen LogP contribution < -0.4 is 10.2 Å². The Balaban J connectivity index is 1.78. The molecule has 3 aromatic rings. The highest BCUT2D eigenvalue weighted by Crippen LogP contribution is 2.42. The fraction of sp³-hybridized carbons (Fsp3) is 0.323. The maximum absolute atomic E-state index is 14.4. The first-order valence-corrected chi connectivity index (χ1v) is 13.4. The number of carboxylic acid groups (broad SMARTS) is 1. The number of anilines is 2. The summed E-state index contributed by atoms with van der Waals surface area (Å²) >= 11 is 6.42. The number of aryl methyl sites for hydroxylation is 1. The van der Waals surface area contributed by atoms with E-state index in [0.717, 1.165) is 34.9 Å². The van der Waals surface area contributed by atoms with Crippen molar-refractivity contribution in [3.8, 4) is 0 Å². The number of amides is 2. The molecule has 41 heavy (non-hydrogen) atoms. The van der Waals surface area contributed by atoms with E-state index in [4.69, 9.17) is 16.3 Å². The van der Waals surface area contributed by atoms with Gasteiger partial charge in [-0.2, -0.15) is 0 Å². The number of carbonyl (C=O) groups is 3. The van der Waals surface area contributed by atoms with E-state index in [1.54, 1.807) is 18.2 Å². The lowest BCUT2D eigenvalue weighted by atomic mass is 9.91. The first-order valence-electron chi connectivity index (χ1n) is 13.1. The molecule has 0 saturated carbocycles. The van der Waals surface area contributed by atoms with Crippen molar-refractivity contribution in [2.24, 2.45) is 5.41 Å². The topological polar surface area (TPSA) is 116 Å². The largest absolute Gasteiger partial charge is 0.478 e. The maximum atomic E-state index is 14.4. The number of hydrogen-bond acceptors (Lipinski definition) is 5. The van der Waals surface area contributed by atoms with Crippen LogP contribution in [0.4, 0.5) is 15.8 Å². The molecule has 0 saturated heterocycles. The molecule has 1 heterocycles. The van der Waals surface area contributed by atoms with Gasteiger partial charge in [-0.15, -0.1) is 0 Å². The van der Waals surface area contributed by atoms with E-state index >= 15 is 0 Å². The van der Waals surface area contributed by atoms with Crippen LogP contribution in [0, 0.1) is 25.1 Å². The lowest BCUT2D eigenvalue weighted by molar-refractivity contribution is -0.136. The summed E-state index contributed by atoms with van der Waals surface area (Å²) in [6.07, 6.45) is -2.56. The number of nitrogens with one attached hydrogen (secondary N) is 1. The normalized spacial score (nSPS) is 17.1. The van der Waals surface area contributed by atoms with Crippen LogP contribution in [0.15, 0.2) is 54.6 Å². The van der Waals surface area contributed by atoms with Crippen LogP contribution in [-0.4, -0.2) is 47.3 Å². The molecule has 10 heteroatoms. The number of carboxylic acids is 1. The Morgan fingerprint density at radius 2 is 1.83 bits per heavy atom. The van der Waals surface area contributed by atoms with Crippen LogP contribution in [0.1, 0.15) is 59.0 Å². The first-order chi connectivity index (χ1) is 19.3. The van der Waals surface area contributed by atoms with Crippen molar-refractivity contribution < 1.29 is 33.7 Å². The Kier molecular flexibility index (Phi) is 8.82. The van der Waals surface area contributed by atoms with Crippen molar-refractivity contribution in [1.82, 2.24) is 0 Å². The average Bonchev–Trinajstić information content (AvgIpc) is 3.01. The molecular formula is C31H32ClFN2O6. The highest BCUT2D eigenvalue weighted by Gasteiger charge is 2.40. The predicted octanol–water partition coefficient (Wildman–Crippen LogP) is 5.66. The summed E-state index contributed by atoms with van der Waals surface area (Å²) in [4.78, 5) is 40.1. The summed E-state index contributed by atoms with van der Waals surface area (Å²) in [7, 11) is 0. The van der Waals surface area contributed by atoms with E-state index in [0.29, 0.717) is 16.3 Å². The standard InChI is InChI=1S/C31H32ClFN2O6/c1-17-6-5-7-21(18(17)2)28-22-13-20(32)9-11-25(22)35(15-31(3,4)16-36)29(38)26(41-28)14-27(37)34-24-12-19(30(39)40)8-10-23(24)33/h5-13,26,28,36H,14-16H2,1-4H3,(H,34,37)(H,39,40)/t26-,28-/m1/s1. The number of ether oxygens (including phenoxy) is 1. The fourth-order valence-electron chi connectivity index (χ4n) is 4.77. The molecular weight excluding hydrogens is 551 g/mol. The van der Waals surface area contributed by atoms with Gasteiger partial charge in [0.25, 0.3) is 5.91 Å². The molecule has 0 bridgehead atoms. The van der Waals surface area contributed by atoms with E-state index < -0.39 is 47.6 Å². The summed E-state index contributed by atoms with van der Waals surface area (Å²) < 4.78 is 20.9. The van der Waals surface area contributed by atoms with Crippen molar-refractivity contribution in [1.29, 1.82) is 0 Å². The molecule has 0 fully saturated rings. The van der Waals surface area contributed by atoms with Gasteiger partial charge in [-0.3, -0.25) is 9.59 Å². The number of rotatable bonds is 8. The molecule has 1 aliphatic heterocycles. The lowest BCUT2D eigenvalue weighted by Gasteiger charge is -2.32. The quantitative estimate of drug-likeness (QED) is 0.315. The third-order valence-electron chi connectivity index (χ3n) is 7.21. The maximum Gasteiger partial charge on any atom is 0.335 e. The van der Waals surface area contributed by atoms with Gasteiger partial charge in [0.1, 0.15) is 18.0 Å². The Labute approximate surface area is 242 Å². The molecule has 8 nitrogen and oxygen atoms in total. The minimum atomic E-state index is -1.30. The zero-order chi connectivity index (χ0) is 30.1. The Morgan fingerprint density at radius 1 is 1.10 bits per heavy atom. The summed E-state index contributed by atoms with van der Waals surface area (Å²) in [6.45, 7) is 7.43. The third kappa shape index (κ3) is 6.59. The molecule has 2 amide bonds. The van der Waals surface area contributed by atoms with Gasteiger partial charge in [0.2, 0.25) is 5.91 Å². The van der Waals surface area contributed by atoms with Gasteiger partial charge in [-0.1, -0.05) is 43.6 Å². The van der Waals surface area contributed by atoms with Gasteiger partial charge < -0.3 is 25.2 Å². The number of aromatic carboxylic acids is 1. The average molecular weight is 583 g/mol. The van der Waals surface area contributed by atoms with E-state index in [-0.39, 0.29) is 24.4 Å². The van der Waals surface area contributed by atoms with E-state index in [1.165, 1.54) is 4.90 Å². The minimum absolute atomic E-state index is 0.118. The molecule has 2 atom stereocenters. The number of nitrogens with zero attached hydrogens (tertiary/aromatic N) is 1. The van der Waals surface area contributed by atoms with Gasteiger partial charge in [-0.25, -0.2) is 9.18 Å². The zero-order valence-electron chi connectivity index (χ0n) is 23.2. The lowest BCUT2D eigenvalue weighted by Crippen LogP contribution is -2.46. The van der Waals surface area contributed by atoms with Gasteiger partial charge in [0.05, 0.1) is 17.7 Å². The number of aliphatic hydroxyl groups is 1. The second-order valence-corrected chi connectivity index (χ2v) is 11.4. The number of hydrogen-bond donors (Lipinski definition) is 3. The monoisotopic (exact) mass is 582 g/mol. The number of halogens is 2. The summed E-state index contributed by atoms with van der Waals surface area (Å²) in [5, 5.41) is 22.1. The highest BCUT2D eigenvalue weighted by molar-refractivity contribution is 6.30. The van der Waals surface area contributed by atoms with Gasteiger partial charge in [-0.05, 0) is 66.9 Å². The van der Waals surface area contributed by atoms with Crippen molar-refractivity contribution in [2.75, 3.05) is 23.4 Å². The molecule has 3 aromatic carbocycles. The third-order valence-corrected chi connectivity index (χ3v) is 7.44. The molecule has 0 aliphatic carbocycles. The van der Waals surface area contributed by atoms with Crippen LogP contribution in [0.3, 0.4) is 0 Å².